The van der Waals surface area contributed by atoms with Crippen LogP contribution in [-0.2, 0) is 4.74 Å². The number of carbonyl (C=O) groups is 2. The molecule has 0 aliphatic carbocycles. The Kier molecular flexibility index (Phi) is 2.91. The van der Waals surface area contributed by atoms with E-state index in [2.05, 4.69) is 4.98 Å². The van der Waals surface area contributed by atoms with Crippen LogP contribution in [-0.4, -0.2) is 28.6 Å². The molecule has 0 aliphatic rings. The van der Waals surface area contributed by atoms with Gasteiger partial charge in [0.25, 0.3) is 0 Å². The molecule has 0 atom stereocenters. The number of carboxylic acids is 1. The van der Waals surface area contributed by atoms with Crippen molar-refractivity contribution in [2.24, 2.45) is 0 Å². The number of carbonyl (C=O) groups excluding carboxylic acids is 1. The quantitative estimate of drug-likeness (QED) is 0.713. The monoisotopic (exact) mass is 197 g/mol. The molecule has 5 nitrogen and oxygen atoms in total. The van der Waals surface area contributed by atoms with E-state index in [9.17, 15) is 9.59 Å². The van der Waals surface area contributed by atoms with Crippen LogP contribution in [0.3, 0.4) is 0 Å². The second-order valence-corrected chi connectivity index (χ2v) is 2.73. The molecule has 1 heterocycles. The van der Waals surface area contributed by atoms with Crippen LogP contribution >= 0.6 is 0 Å². The summed E-state index contributed by atoms with van der Waals surface area (Å²) >= 11 is 0. The van der Waals surface area contributed by atoms with Gasteiger partial charge in [-0.3, -0.25) is 0 Å². The molecule has 0 saturated heterocycles. The number of hydrogen-bond donors (Lipinski definition) is 2. The van der Waals surface area contributed by atoms with E-state index in [1.54, 1.807) is 13.8 Å². The molecule has 1 aromatic heterocycles. The van der Waals surface area contributed by atoms with E-state index in [1.165, 1.54) is 6.20 Å². The van der Waals surface area contributed by atoms with E-state index in [0.29, 0.717) is 5.56 Å². The smallest absolute Gasteiger partial charge is 0.355 e. The lowest BCUT2D eigenvalue weighted by Gasteiger charge is -2.00. The molecule has 5 heteroatoms. The van der Waals surface area contributed by atoms with Gasteiger partial charge in [0, 0.05) is 6.20 Å². The lowest BCUT2D eigenvalue weighted by molar-refractivity contribution is 0.0519. The van der Waals surface area contributed by atoms with E-state index >= 15 is 0 Å². The van der Waals surface area contributed by atoms with Crippen LogP contribution in [0.1, 0.15) is 33.3 Å². The van der Waals surface area contributed by atoms with Gasteiger partial charge in [0.1, 0.15) is 5.69 Å². The number of nitrogens with one attached hydrogen (secondary N) is 1. The second-order valence-electron chi connectivity index (χ2n) is 2.73. The standard InChI is InChI=1S/C9H11NO4/c1-3-14-9(13)7-5(2)6(4-10-7)8(11)12/h4,10H,3H2,1-2H3,(H,11,12). The second kappa shape index (κ2) is 3.95. The van der Waals surface area contributed by atoms with Crippen molar-refractivity contribution in [2.75, 3.05) is 6.61 Å². The summed E-state index contributed by atoms with van der Waals surface area (Å²) in [4.78, 5) is 24.5. The normalized spacial score (nSPS) is 9.86. The molecule has 0 aromatic carbocycles. The van der Waals surface area contributed by atoms with Gasteiger partial charge in [0.2, 0.25) is 0 Å². The molecule has 0 aliphatic heterocycles. The Morgan fingerprint density at radius 2 is 2.21 bits per heavy atom. The highest BCUT2D eigenvalue weighted by Crippen LogP contribution is 2.13. The number of rotatable bonds is 3. The largest absolute Gasteiger partial charge is 0.478 e. The number of H-pyrrole nitrogens is 1. The van der Waals surface area contributed by atoms with Gasteiger partial charge in [-0.15, -0.1) is 0 Å². The van der Waals surface area contributed by atoms with Crippen LogP contribution in [0.5, 0.6) is 0 Å². The van der Waals surface area contributed by atoms with Crippen LogP contribution in [0.25, 0.3) is 0 Å². The molecular weight excluding hydrogens is 186 g/mol. The molecule has 76 valence electrons. The zero-order valence-corrected chi connectivity index (χ0v) is 7.96. The summed E-state index contributed by atoms with van der Waals surface area (Å²) in [5.74, 6) is -1.59. The molecule has 0 unspecified atom stereocenters. The lowest BCUT2D eigenvalue weighted by Crippen LogP contribution is -2.07. The number of carboxylic acid groups (broad SMARTS) is 1. The summed E-state index contributed by atoms with van der Waals surface area (Å²) < 4.78 is 4.74. The van der Waals surface area contributed by atoms with E-state index in [0.717, 1.165) is 0 Å². The van der Waals surface area contributed by atoms with E-state index in [-0.39, 0.29) is 17.9 Å². The van der Waals surface area contributed by atoms with Crippen molar-refractivity contribution in [3.63, 3.8) is 0 Å². The third-order valence-electron chi connectivity index (χ3n) is 1.85. The topological polar surface area (TPSA) is 79.4 Å². The van der Waals surface area contributed by atoms with E-state index < -0.39 is 11.9 Å². The zero-order valence-electron chi connectivity index (χ0n) is 7.96. The maximum Gasteiger partial charge on any atom is 0.355 e. The maximum absolute atomic E-state index is 11.3. The molecular formula is C9H11NO4. The summed E-state index contributed by atoms with van der Waals surface area (Å²) in [5, 5.41) is 8.72. The van der Waals surface area contributed by atoms with Crippen LogP contribution in [0.15, 0.2) is 6.20 Å². The molecule has 2 N–H and O–H groups in total. The molecule has 0 spiro atoms. The molecule has 1 rings (SSSR count). The van der Waals surface area contributed by atoms with Crippen molar-refractivity contribution in [2.45, 2.75) is 13.8 Å². The average molecular weight is 197 g/mol. The minimum absolute atomic E-state index is 0.0908. The number of aromatic nitrogens is 1. The molecule has 0 bridgehead atoms. The van der Waals surface area contributed by atoms with Crippen molar-refractivity contribution in [3.05, 3.63) is 23.0 Å². The fourth-order valence-corrected chi connectivity index (χ4v) is 1.13. The van der Waals surface area contributed by atoms with Crippen molar-refractivity contribution in [1.82, 2.24) is 4.98 Å². The predicted molar refractivity (Wildman–Crippen MR) is 48.4 cm³/mol. The van der Waals surface area contributed by atoms with Gasteiger partial charge in [-0.2, -0.15) is 0 Å². The summed E-state index contributed by atoms with van der Waals surface area (Å²) in [6, 6.07) is 0. The Morgan fingerprint density at radius 1 is 1.57 bits per heavy atom. The first kappa shape index (κ1) is 10.3. The highest BCUT2D eigenvalue weighted by atomic mass is 16.5. The Morgan fingerprint density at radius 3 is 2.64 bits per heavy atom. The number of hydrogen-bond acceptors (Lipinski definition) is 3. The lowest BCUT2D eigenvalue weighted by atomic mass is 10.2. The summed E-state index contributed by atoms with van der Waals surface area (Å²) in [6.07, 6.45) is 1.28. The minimum atomic E-state index is -1.06. The number of ether oxygens (including phenoxy) is 1. The van der Waals surface area contributed by atoms with Gasteiger partial charge in [0.15, 0.2) is 0 Å². The predicted octanol–water partition coefficient (Wildman–Crippen LogP) is 1.20. The molecule has 0 fully saturated rings. The van der Waals surface area contributed by atoms with Gasteiger partial charge in [-0.25, -0.2) is 9.59 Å². The number of aromatic carboxylic acids is 1. The van der Waals surface area contributed by atoms with Crippen molar-refractivity contribution in [3.8, 4) is 0 Å². The third-order valence-corrected chi connectivity index (χ3v) is 1.85. The number of aromatic amines is 1. The maximum atomic E-state index is 11.3. The van der Waals surface area contributed by atoms with Gasteiger partial charge >= 0.3 is 11.9 Å². The Hall–Kier alpha value is -1.78. The summed E-state index contributed by atoms with van der Waals surface area (Å²) in [5.41, 5.74) is 0.688. The first-order chi connectivity index (χ1) is 6.57. The van der Waals surface area contributed by atoms with Gasteiger partial charge in [0.05, 0.1) is 12.2 Å². The van der Waals surface area contributed by atoms with Crippen molar-refractivity contribution >= 4 is 11.9 Å². The van der Waals surface area contributed by atoms with Crippen molar-refractivity contribution < 1.29 is 19.4 Å². The highest BCUT2D eigenvalue weighted by molar-refractivity contribution is 5.96. The summed E-state index contributed by atoms with van der Waals surface area (Å²) in [6.45, 7) is 3.51. The molecule has 0 amide bonds. The van der Waals surface area contributed by atoms with Crippen molar-refractivity contribution in [1.29, 1.82) is 0 Å². The zero-order chi connectivity index (χ0) is 10.7. The fourth-order valence-electron chi connectivity index (χ4n) is 1.13. The van der Waals surface area contributed by atoms with Crippen LogP contribution in [0, 0.1) is 6.92 Å². The van der Waals surface area contributed by atoms with Gasteiger partial charge in [-0.05, 0) is 19.4 Å². The van der Waals surface area contributed by atoms with Crippen LogP contribution in [0.2, 0.25) is 0 Å². The van der Waals surface area contributed by atoms with Crippen LogP contribution < -0.4 is 0 Å². The highest BCUT2D eigenvalue weighted by Gasteiger charge is 2.18. The summed E-state index contributed by atoms with van der Waals surface area (Å²) in [7, 11) is 0. The Balaban J connectivity index is 3.00. The Labute approximate surface area is 80.7 Å². The average Bonchev–Trinajstić information content (AvgIpc) is 2.47. The Bertz CT molecular complexity index is 367. The van der Waals surface area contributed by atoms with Gasteiger partial charge in [-0.1, -0.05) is 0 Å². The van der Waals surface area contributed by atoms with Gasteiger partial charge < -0.3 is 14.8 Å². The van der Waals surface area contributed by atoms with E-state index in [4.69, 9.17) is 9.84 Å². The third kappa shape index (κ3) is 1.76. The molecule has 0 saturated carbocycles. The minimum Gasteiger partial charge on any atom is -0.478 e. The molecule has 0 radical (unpaired) electrons. The van der Waals surface area contributed by atoms with E-state index in [1.807, 2.05) is 0 Å². The first-order valence-corrected chi connectivity index (χ1v) is 4.16. The molecule has 1 aromatic rings. The SMILES string of the molecule is CCOC(=O)c1[nH]cc(C(=O)O)c1C. The first-order valence-electron chi connectivity index (χ1n) is 4.16. The van der Waals surface area contributed by atoms with Crippen LogP contribution in [0.4, 0.5) is 0 Å². The molecule has 14 heavy (non-hydrogen) atoms. The number of esters is 1. The fraction of sp³-hybridized carbons (Fsp3) is 0.333.